The summed E-state index contributed by atoms with van der Waals surface area (Å²) in [7, 11) is 0. The molecule has 3 rings (SSSR count). The second kappa shape index (κ2) is 5.95. The van der Waals surface area contributed by atoms with Gasteiger partial charge in [0.2, 0.25) is 11.8 Å². The van der Waals surface area contributed by atoms with Gasteiger partial charge in [0.05, 0.1) is 11.6 Å². The van der Waals surface area contributed by atoms with Crippen LogP contribution in [0.1, 0.15) is 6.42 Å². The minimum Gasteiger partial charge on any atom is -0.310 e. The number of hydrogen-bond acceptors (Lipinski definition) is 4. The molecule has 1 atom stereocenters. The van der Waals surface area contributed by atoms with E-state index in [9.17, 15) is 9.59 Å². The molecule has 21 heavy (non-hydrogen) atoms. The van der Waals surface area contributed by atoms with E-state index in [-0.39, 0.29) is 24.2 Å². The molecule has 0 spiro atoms. The summed E-state index contributed by atoms with van der Waals surface area (Å²) < 4.78 is 0.847. The van der Waals surface area contributed by atoms with Gasteiger partial charge < -0.3 is 10.2 Å². The Hall–Kier alpha value is -1.73. The number of nitrogens with one attached hydrogen (secondary N) is 1. The van der Waals surface area contributed by atoms with Gasteiger partial charge >= 0.3 is 0 Å². The molecule has 2 heterocycles. The Morgan fingerprint density at radius 3 is 2.95 bits per heavy atom. The average Bonchev–Trinajstić information content (AvgIpc) is 3.09. The molecule has 2 amide bonds. The molecule has 0 aliphatic carbocycles. The Morgan fingerprint density at radius 2 is 2.24 bits per heavy atom. The van der Waals surface area contributed by atoms with Crippen LogP contribution in [-0.4, -0.2) is 23.3 Å². The first kappa shape index (κ1) is 14.2. The molecular weight excluding hydrogens is 354 g/mol. The number of thiazole rings is 1. The standard InChI is InChI=1S/C14H12BrN3O2S/c15-10-3-1-2-4-11(10)18-8-9(7-12(18)19)13(20)17-14-16-5-6-21-14/h1-6,9H,7-8H2,(H,16,17,20)/t9-/m1/s1. The van der Waals surface area contributed by atoms with E-state index in [2.05, 4.69) is 26.2 Å². The molecule has 2 aromatic rings. The van der Waals surface area contributed by atoms with E-state index in [0.29, 0.717) is 11.7 Å². The Kier molecular flexibility index (Phi) is 4.03. The number of amides is 2. The van der Waals surface area contributed by atoms with E-state index in [1.165, 1.54) is 11.3 Å². The summed E-state index contributed by atoms with van der Waals surface area (Å²) in [5, 5.41) is 5.11. The lowest BCUT2D eigenvalue weighted by Crippen LogP contribution is -2.28. The molecule has 1 aromatic heterocycles. The molecule has 1 fully saturated rings. The third kappa shape index (κ3) is 2.98. The first-order valence-corrected chi connectivity index (χ1v) is 8.07. The Labute approximate surface area is 134 Å². The number of anilines is 2. The van der Waals surface area contributed by atoms with Gasteiger partial charge in [-0.15, -0.1) is 11.3 Å². The van der Waals surface area contributed by atoms with Gasteiger partial charge in [0.1, 0.15) is 0 Å². The molecule has 1 aromatic carbocycles. The van der Waals surface area contributed by atoms with E-state index in [0.717, 1.165) is 10.2 Å². The molecule has 1 saturated heterocycles. The van der Waals surface area contributed by atoms with Gasteiger partial charge in [-0.2, -0.15) is 0 Å². The van der Waals surface area contributed by atoms with Gasteiger partial charge in [-0.25, -0.2) is 4.98 Å². The zero-order chi connectivity index (χ0) is 14.8. The van der Waals surface area contributed by atoms with Gasteiger partial charge in [0.15, 0.2) is 5.13 Å². The topological polar surface area (TPSA) is 62.3 Å². The summed E-state index contributed by atoms with van der Waals surface area (Å²) in [6, 6.07) is 7.51. The van der Waals surface area contributed by atoms with Crippen LogP contribution in [0, 0.1) is 5.92 Å². The first-order chi connectivity index (χ1) is 10.1. The number of carbonyl (C=O) groups is 2. The largest absolute Gasteiger partial charge is 0.310 e. The highest BCUT2D eigenvalue weighted by atomic mass is 79.9. The van der Waals surface area contributed by atoms with Crippen LogP contribution in [0.25, 0.3) is 0 Å². The SMILES string of the molecule is O=C(Nc1nccs1)[C@@H]1CC(=O)N(c2ccccc2Br)C1. The molecule has 0 bridgehead atoms. The van der Waals surface area contributed by atoms with Crippen molar-refractivity contribution in [3.8, 4) is 0 Å². The summed E-state index contributed by atoms with van der Waals surface area (Å²) in [4.78, 5) is 30.0. The molecule has 1 N–H and O–H groups in total. The maximum Gasteiger partial charge on any atom is 0.231 e. The highest BCUT2D eigenvalue weighted by molar-refractivity contribution is 9.10. The van der Waals surface area contributed by atoms with Crippen molar-refractivity contribution in [3.05, 3.63) is 40.3 Å². The van der Waals surface area contributed by atoms with Crippen molar-refractivity contribution in [2.75, 3.05) is 16.8 Å². The fourth-order valence-electron chi connectivity index (χ4n) is 2.28. The zero-order valence-electron chi connectivity index (χ0n) is 11.0. The van der Waals surface area contributed by atoms with E-state index >= 15 is 0 Å². The zero-order valence-corrected chi connectivity index (χ0v) is 13.4. The van der Waals surface area contributed by atoms with Crippen molar-refractivity contribution < 1.29 is 9.59 Å². The van der Waals surface area contributed by atoms with Crippen LogP contribution in [0.3, 0.4) is 0 Å². The lowest BCUT2D eigenvalue weighted by Gasteiger charge is -2.18. The fourth-order valence-corrected chi connectivity index (χ4v) is 3.31. The van der Waals surface area contributed by atoms with E-state index in [4.69, 9.17) is 0 Å². The second-order valence-corrected chi connectivity index (χ2v) is 6.43. The lowest BCUT2D eigenvalue weighted by molar-refractivity contribution is -0.122. The van der Waals surface area contributed by atoms with Crippen LogP contribution >= 0.6 is 27.3 Å². The van der Waals surface area contributed by atoms with Gasteiger partial charge in [-0.05, 0) is 28.1 Å². The normalized spacial score (nSPS) is 18.0. The number of para-hydroxylation sites is 1. The molecule has 0 unspecified atom stereocenters. The summed E-state index contributed by atoms with van der Waals surface area (Å²) in [6.07, 6.45) is 1.85. The second-order valence-electron chi connectivity index (χ2n) is 4.68. The number of nitrogens with zero attached hydrogens (tertiary/aromatic N) is 2. The smallest absolute Gasteiger partial charge is 0.231 e. The molecule has 1 aliphatic heterocycles. The fraction of sp³-hybridized carbons (Fsp3) is 0.214. The van der Waals surface area contributed by atoms with Crippen LogP contribution in [-0.2, 0) is 9.59 Å². The van der Waals surface area contributed by atoms with Crippen molar-refractivity contribution in [2.24, 2.45) is 5.92 Å². The maximum absolute atomic E-state index is 12.2. The predicted molar refractivity (Wildman–Crippen MR) is 85.3 cm³/mol. The van der Waals surface area contributed by atoms with Crippen molar-refractivity contribution in [3.63, 3.8) is 0 Å². The number of hydrogen-bond donors (Lipinski definition) is 1. The van der Waals surface area contributed by atoms with Crippen LogP contribution in [0.4, 0.5) is 10.8 Å². The number of benzene rings is 1. The highest BCUT2D eigenvalue weighted by Gasteiger charge is 2.35. The molecule has 0 radical (unpaired) electrons. The van der Waals surface area contributed by atoms with Crippen molar-refractivity contribution >= 4 is 49.9 Å². The average molecular weight is 366 g/mol. The van der Waals surface area contributed by atoms with Gasteiger partial charge in [-0.1, -0.05) is 12.1 Å². The van der Waals surface area contributed by atoms with Gasteiger partial charge in [0, 0.05) is 29.0 Å². The molecule has 7 heteroatoms. The Bertz CT molecular complexity index is 675. The predicted octanol–water partition coefficient (Wildman–Crippen LogP) is 2.90. The minimum atomic E-state index is -0.353. The van der Waals surface area contributed by atoms with Crippen LogP contribution in [0.5, 0.6) is 0 Å². The summed E-state index contributed by atoms with van der Waals surface area (Å²) in [5.74, 6) is -0.553. The number of rotatable bonds is 3. The van der Waals surface area contributed by atoms with Crippen molar-refractivity contribution in [1.29, 1.82) is 0 Å². The summed E-state index contributed by atoms with van der Waals surface area (Å²) >= 11 is 4.80. The van der Waals surface area contributed by atoms with Crippen LogP contribution in [0.2, 0.25) is 0 Å². The summed E-state index contributed by atoms with van der Waals surface area (Å²) in [5.41, 5.74) is 0.798. The van der Waals surface area contributed by atoms with Crippen LogP contribution in [0.15, 0.2) is 40.3 Å². The third-order valence-corrected chi connectivity index (χ3v) is 4.66. The molecule has 1 aliphatic rings. The van der Waals surface area contributed by atoms with Crippen LogP contribution < -0.4 is 10.2 Å². The summed E-state index contributed by atoms with van der Waals surface area (Å²) in [6.45, 7) is 0.388. The lowest BCUT2D eigenvalue weighted by atomic mass is 10.1. The molecule has 108 valence electrons. The monoisotopic (exact) mass is 365 g/mol. The maximum atomic E-state index is 12.2. The van der Waals surface area contributed by atoms with E-state index in [1.54, 1.807) is 16.5 Å². The van der Waals surface area contributed by atoms with Crippen molar-refractivity contribution in [1.82, 2.24) is 4.98 Å². The number of aromatic nitrogens is 1. The Morgan fingerprint density at radius 1 is 1.43 bits per heavy atom. The van der Waals surface area contributed by atoms with E-state index in [1.807, 2.05) is 24.3 Å². The molecular formula is C14H12BrN3O2S. The molecule has 5 nitrogen and oxygen atoms in total. The minimum absolute atomic E-state index is 0.0406. The van der Waals surface area contributed by atoms with Crippen molar-refractivity contribution in [2.45, 2.75) is 6.42 Å². The van der Waals surface area contributed by atoms with Gasteiger partial charge in [-0.3, -0.25) is 9.59 Å². The first-order valence-electron chi connectivity index (χ1n) is 6.40. The quantitative estimate of drug-likeness (QED) is 0.909. The van der Waals surface area contributed by atoms with E-state index < -0.39 is 0 Å². The highest BCUT2D eigenvalue weighted by Crippen LogP contribution is 2.31. The number of halogens is 1. The molecule has 0 saturated carbocycles. The Balaban J connectivity index is 1.73. The third-order valence-electron chi connectivity index (χ3n) is 3.30. The number of carbonyl (C=O) groups excluding carboxylic acids is 2. The van der Waals surface area contributed by atoms with Gasteiger partial charge in [0.25, 0.3) is 0 Å².